The Balaban J connectivity index is 1.37. The Hall–Kier alpha value is -4.25. The first-order valence-electron chi connectivity index (χ1n) is 14.9. The molecular formula is C33H42N4O7. The van der Waals surface area contributed by atoms with E-state index in [0.29, 0.717) is 43.6 Å². The molecule has 11 nitrogen and oxygen atoms in total. The van der Waals surface area contributed by atoms with E-state index >= 15 is 0 Å². The fraction of sp³-hybridized carbons (Fsp3) is 0.485. The van der Waals surface area contributed by atoms with Crippen LogP contribution in [0.15, 0.2) is 54.6 Å². The van der Waals surface area contributed by atoms with Crippen molar-refractivity contribution >= 4 is 29.7 Å². The molecule has 5 amide bonds. The zero-order chi connectivity index (χ0) is 32.1. The third-order valence-electron chi connectivity index (χ3n) is 7.63. The minimum absolute atomic E-state index is 0.0422. The van der Waals surface area contributed by atoms with Gasteiger partial charge in [0.15, 0.2) is 0 Å². The lowest BCUT2D eigenvalue weighted by Crippen LogP contribution is -2.61. The molecule has 2 aliphatic rings. The van der Waals surface area contributed by atoms with Gasteiger partial charge in [0.25, 0.3) is 11.8 Å². The summed E-state index contributed by atoms with van der Waals surface area (Å²) in [5, 5.41) is 5.35. The lowest BCUT2D eigenvalue weighted by molar-refractivity contribution is -0.140. The third kappa shape index (κ3) is 8.22. The Kier molecular flexibility index (Phi) is 10.1. The van der Waals surface area contributed by atoms with Crippen molar-refractivity contribution in [2.75, 3.05) is 26.2 Å². The number of fused-ring (bicyclic) bond motifs is 1. The molecule has 2 aromatic carbocycles. The number of benzene rings is 2. The van der Waals surface area contributed by atoms with Gasteiger partial charge in [-0.25, -0.2) is 4.79 Å². The Morgan fingerprint density at radius 2 is 1.45 bits per heavy atom. The predicted octanol–water partition coefficient (Wildman–Crippen LogP) is 3.53. The van der Waals surface area contributed by atoms with Crippen molar-refractivity contribution in [3.05, 3.63) is 71.3 Å². The van der Waals surface area contributed by atoms with E-state index in [2.05, 4.69) is 10.6 Å². The Morgan fingerprint density at radius 3 is 2.02 bits per heavy atom. The number of carbonyl (C=O) groups is 5. The summed E-state index contributed by atoms with van der Waals surface area (Å²) in [5.41, 5.74) is -0.358. The highest BCUT2D eigenvalue weighted by atomic mass is 16.6. The van der Waals surface area contributed by atoms with Crippen LogP contribution in [0.2, 0.25) is 0 Å². The minimum Gasteiger partial charge on any atom is -0.444 e. The van der Waals surface area contributed by atoms with E-state index in [9.17, 15) is 24.0 Å². The number of nitrogens with one attached hydrogen (secondary N) is 2. The molecule has 0 aromatic heterocycles. The molecule has 0 saturated carbocycles. The highest BCUT2D eigenvalue weighted by molar-refractivity contribution is 6.21. The monoisotopic (exact) mass is 606 g/mol. The third-order valence-corrected chi connectivity index (χ3v) is 7.63. The van der Waals surface area contributed by atoms with Gasteiger partial charge in [-0.2, -0.15) is 0 Å². The number of hydrogen-bond acceptors (Lipinski definition) is 7. The number of alkyl carbamates (subject to hydrolysis) is 1. The van der Waals surface area contributed by atoms with Crippen LogP contribution in [0.25, 0.3) is 0 Å². The number of rotatable bonds is 10. The molecule has 0 aliphatic carbocycles. The summed E-state index contributed by atoms with van der Waals surface area (Å²) in [5.74, 6) is -1.40. The van der Waals surface area contributed by atoms with Gasteiger partial charge in [0, 0.05) is 19.6 Å². The molecule has 1 saturated heterocycles. The van der Waals surface area contributed by atoms with Crippen molar-refractivity contribution < 1.29 is 33.4 Å². The molecule has 2 N–H and O–H groups in total. The van der Waals surface area contributed by atoms with Crippen molar-refractivity contribution in [1.82, 2.24) is 20.4 Å². The maximum atomic E-state index is 13.7. The van der Waals surface area contributed by atoms with Crippen molar-refractivity contribution in [1.29, 1.82) is 0 Å². The Bertz CT molecular complexity index is 1340. The predicted molar refractivity (Wildman–Crippen MR) is 163 cm³/mol. The number of imide groups is 1. The van der Waals surface area contributed by atoms with Crippen molar-refractivity contribution in [3.8, 4) is 0 Å². The van der Waals surface area contributed by atoms with E-state index in [-0.39, 0.29) is 36.9 Å². The quantitative estimate of drug-likeness (QED) is 0.395. The highest BCUT2D eigenvalue weighted by Crippen LogP contribution is 2.26. The van der Waals surface area contributed by atoms with Gasteiger partial charge in [0.05, 0.1) is 24.3 Å². The van der Waals surface area contributed by atoms with Crippen LogP contribution < -0.4 is 10.6 Å². The standard InChI is InChI=1S/C33H42N4O7/c1-32(2,3)44-31(42)35-33(4,5)30(41)34-26(21-43-20-23-11-7-6-8-12-23)29(40)36-17-15-22(16-18-36)19-37-27(38)24-13-9-10-14-25(24)28(37)39/h6-14,22,26H,15-21H2,1-5H3,(H,34,41)(H,35,42)/t26-/m1/s1. The van der Waals surface area contributed by atoms with Gasteiger partial charge in [-0.05, 0) is 71.1 Å². The van der Waals surface area contributed by atoms with Gasteiger partial charge < -0.3 is 25.0 Å². The van der Waals surface area contributed by atoms with E-state index < -0.39 is 29.2 Å². The number of nitrogens with zero attached hydrogens (tertiary/aromatic N) is 2. The summed E-state index contributed by atoms with van der Waals surface area (Å²) in [4.78, 5) is 68.0. The molecule has 11 heteroatoms. The second-order valence-corrected chi connectivity index (χ2v) is 12.8. The van der Waals surface area contributed by atoms with E-state index in [1.54, 1.807) is 49.9 Å². The second-order valence-electron chi connectivity index (χ2n) is 12.8. The van der Waals surface area contributed by atoms with Crippen LogP contribution in [0.3, 0.4) is 0 Å². The van der Waals surface area contributed by atoms with E-state index in [0.717, 1.165) is 5.56 Å². The number of amides is 5. The average Bonchev–Trinajstić information content (AvgIpc) is 3.20. The summed E-state index contributed by atoms with van der Waals surface area (Å²) in [6, 6.07) is 15.3. The number of likely N-dealkylation sites (tertiary alicyclic amines) is 1. The summed E-state index contributed by atoms with van der Waals surface area (Å²) >= 11 is 0. The largest absolute Gasteiger partial charge is 0.444 e. The molecule has 2 aliphatic heterocycles. The van der Waals surface area contributed by atoms with E-state index in [4.69, 9.17) is 9.47 Å². The van der Waals surface area contributed by atoms with Crippen LogP contribution in [0.5, 0.6) is 0 Å². The van der Waals surface area contributed by atoms with Gasteiger partial charge in [-0.3, -0.25) is 24.1 Å². The maximum absolute atomic E-state index is 13.7. The van der Waals surface area contributed by atoms with Gasteiger partial charge in [-0.15, -0.1) is 0 Å². The molecule has 1 atom stereocenters. The number of hydrogen-bond donors (Lipinski definition) is 2. The molecule has 236 valence electrons. The Morgan fingerprint density at radius 1 is 0.886 bits per heavy atom. The van der Waals surface area contributed by atoms with Crippen LogP contribution in [-0.4, -0.2) is 82.9 Å². The molecule has 4 rings (SSSR count). The summed E-state index contributed by atoms with van der Waals surface area (Å²) in [7, 11) is 0. The van der Waals surface area contributed by atoms with Crippen LogP contribution in [0.4, 0.5) is 4.79 Å². The number of ether oxygens (including phenoxy) is 2. The first-order valence-corrected chi connectivity index (χ1v) is 14.9. The smallest absolute Gasteiger partial charge is 0.408 e. The van der Waals surface area contributed by atoms with Crippen molar-refractivity contribution in [2.24, 2.45) is 5.92 Å². The summed E-state index contributed by atoms with van der Waals surface area (Å²) in [6.07, 6.45) is 0.438. The maximum Gasteiger partial charge on any atom is 0.408 e. The van der Waals surface area contributed by atoms with Crippen molar-refractivity contribution in [2.45, 2.75) is 71.2 Å². The van der Waals surface area contributed by atoms with E-state index in [1.165, 1.54) is 18.7 Å². The topological polar surface area (TPSA) is 134 Å². The molecule has 0 spiro atoms. The lowest BCUT2D eigenvalue weighted by atomic mass is 9.95. The first-order chi connectivity index (χ1) is 20.7. The molecule has 1 fully saturated rings. The normalized spacial score (nSPS) is 16.4. The average molecular weight is 607 g/mol. The van der Waals surface area contributed by atoms with Crippen molar-refractivity contribution in [3.63, 3.8) is 0 Å². The first kappa shape index (κ1) is 32.7. The van der Waals surface area contributed by atoms with Gasteiger partial charge in [0.2, 0.25) is 11.8 Å². The van der Waals surface area contributed by atoms with Gasteiger partial charge in [-0.1, -0.05) is 42.5 Å². The molecule has 2 heterocycles. The molecule has 44 heavy (non-hydrogen) atoms. The van der Waals surface area contributed by atoms with Gasteiger partial charge >= 0.3 is 6.09 Å². The molecular weight excluding hydrogens is 564 g/mol. The zero-order valence-electron chi connectivity index (χ0n) is 26.1. The summed E-state index contributed by atoms with van der Waals surface area (Å²) in [6.45, 7) is 9.50. The van der Waals surface area contributed by atoms with Crippen LogP contribution in [0.1, 0.15) is 73.7 Å². The number of piperidine rings is 1. The van der Waals surface area contributed by atoms with Crippen LogP contribution >= 0.6 is 0 Å². The lowest BCUT2D eigenvalue weighted by Gasteiger charge is -2.36. The molecule has 2 aromatic rings. The number of carbonyl (C=O) groups excluding carboxylic acids is 5. The minimum atomic E-state index is -1.38. The Labute approximate surface area is 258 Å². The fourth-order valence-corrected chi connectivity index (χ4v) is 5.22. The van der Waals surface area contributed by atoms with Crippen LogP contribution in [0, 0.1) is 5.92 Å². The highest BCUT2D eigenvalue weighted by Gasteiger charge is 2.39. The van der Waals surface area contributed by atoms with E-state index in [1.807, 2.05) is 30.3 Å². The molecule has 0 unspecified atom stereocenters. The molecule has 0 radical (unpaired) electrons. The molecule has 0 bridgehead atoms. The zero-order valence-corrected chi connectivity index (χ0v) is 26.1. The second kappa shape index (κ2) is 13.6. The fourth-order valence-electron chi connectivity index (χ4n) is 5.22. The SMILES string of the molecule is CC(C)(C)OC(=O)NC(C)(C)C(=O)N[C@H](COCc1ccccc1)C(=O)N1CCC(CN2C(=O)c3ccccc3C2=O)CC1. The van der Waals surface area contributed by atoms with Crippen LogP contribution in [-0.2, 0) is 25.7 Å². The van der Waals surface area contributed by atoms with Gasteiger partial charge in [0.1, 0.15) is 17.2 Å². The summed E-state index contributed by atoms with van der Waals surface area (Å²) < 4.78 is 11.2.